The smallest absolute Gasteiger partial charge is 0.115 e. The molecule has 0 fully saturated rings. The lowest BCUT2D eigenvalue weighted by atomic mass is 9.84. The van der Waals surface area contributed by atoms with Gasteiger partial charge in [0.1, 0.15) is 6.33 Å². The first-order valence-corrected chi connectivity index (χ1v) is 6.92. The van der Waals surface area contributed by atoms with E-state index in [4.69, 9.17) is 0 Å². The van der Waals surface area contributed by atoms with Gasteiger partial charge in [0.15, 0.2) is 0 Å². The van der Waals surface area contributed by atoms with Gasteiger partial charge in [-0.3, -0.25) is 0 Å². The summed E-state index contributed by atoms with van der Waals surface area (Å²) in [6, 6.07) is 0.425. The Morgan fingerprint density at radius 2 is 2.12 bits per heavy atom. The third kappa shape index (κ3) is 4.72. The molecular formula is C13H22BrN3. The molecule has 0 aromatic carbocycles. The fourth-order valence-corrected chi connectivity index (χ4v) is 2.07. The summed E-state index contributed by atoms with van der Waals surface area (Å²) in [5, 5.41) is 3.60. The van der Waals surface area contributed by atoms with E-state index in [2.05, 4.69) is 58.9 Å². The average Bonchev–Trinajstić information content (AvgIpc) is 2.25. The van der Waals surface area contributed by atoms with E-state index in [-0.39, 0.29) is 5.41 Å². The number of halogens is 1. The van der Waals surface area contributed by atoms with Crippen LogP contribution in [-0.4, -0.2) is 22.6 Å². The van der Waals surface area contributed by atoms with Gasteiger partial charge < -0.3 is 5.32 Å². The van der Waals surface area contributed by atoms with Crippen LogP contribution in [0.4, 0.5) is 0 Å². The van der Waals surface area contributed by atoms with Crippen molar-refractivity contribution in [2.24, 2.45) is 5.41 Å². The maximum absolute atomic E-state index is 4.34. The van der Waals surface area contributed by atoms with Crippen LogP contribution in [0.2, 0.25) is 0 Å². The van der Waals surface area contributed by atoms with Crippen LogP contribution in [0.15, 0.2) is 17.0 Å². The summed E-state index contributed by atoms with van der Waals surface area (Å²) < 4.78 is 0.993. The van der Waals surface area contributed by atoms with Crippen LogP contribution in [0.3, 0.4) is 0 Å². The standard InChI is InChI=1S/C13H22BrN3/c1-5-6-16-12(13(2,3)4)7-11-10(14)8-15-9-17-11/h8-9,12,16H,5-7H2,1-4H3. The van der Waals surface area contributed by atoms with Crippen LogP contribution in [-0.2, 0) is 6.42 Å². The van der Waals surface area contributed by atoms with E-state index < -0.39 is 0 Å². The SMILES string of the molecule is CCCNC(Cc1ncncc1Br)C(C)(C)C. The molecule has 1 rings (SSSR count). The highest BCUT2D eigenvalue weighted by atomic mass is 79.9. The van der Waals surface area contributed by atoms with Gasteiger partial charge in [0.25, 0.3) is 0 Å². The molecule has 1 N–H and O–H groups in total. The Hall–Kier alpha value is -0.480. The van der Waals surface area contributed by atoms with Crippen LogP contribution in [0.1, 0.15) is 39.8 Å². The van der Waals surface area contributed by atoms with Crippen LogP contribution in [0.5, 0.6) is 0 Å². The second-order valence-electron chi connectivity index (χ2n) is 5.39. The number of aromatic nitrogens is 2. The van der Waals surface area contributed by atoms with Crippen molar-refractivity contribution in [3.05, 3.63) is 22.7 Å². The predicted molar refractivity (Wildman–Crippen MR) is 75.0 cm³/mol. The first-order valence-electron chi connectivity index (χ1n) is 6.13. The van der Waals surface area contributed by atoms with Gasteiger partial charge >= 0.3 is 0 Å². The maximum atomic E-state index is 4.34. The molecule has 4 heteroatoms. The Bertz CT molecular complexity index is 347. The predicted octanol–water partition coefficient (Wildman–Crippen LogP) is 3.20. The van der Waals surface area contributed by atoms with Crippen molar-refractivity contribution >= 4 is 15.9 Å². The van der Waals surface area contributed by atoms with Crippen LogP contribution in [0, 0.1) is 5.41 Å². The van der Waals surface area contributed by atoms with Gasteiger partial charge in [0.2, 0.25) is 0 Å². The van der Waals surface area contributed by atoms with Crippen LogP contribution < -0.4 is 5.32 Å². The molecule has 1 atom stereocenters. The highest BCUT2D eigenvalue weighted by molar-refractivity contribution is 9.10. The minimum absolute atomic E-state index is 0.222. The molecule has 96 valence electrons. The zero-order valence-electron chi connectivity index (χ0n) is 11.1. The van der Waals surface area contributed by atoms with Crippen molar-refractivity contribution in [2.45, 2.75) is 46.6 Å². The summed E-state index contributed by atoms with van der Waals surface area (Å²) in [7, 11) is 0. The van der Waals surface area contributed by atoms with Crippen molar-refractivity contribution in [2.75, 3.05) is 6.54 Å². The largest absolute Gasteiger partial charge is 0.313 e. The molecule has 1 heterocycles. The van der Waals surface area contributed by atoms with Gasteiger partial charge in [-0.1, -0.05) is 27.7 Å². The molecular weight excluding hydrogens is 278 g/mol. The number of hydrogen-bond donors (Lipinski definition) is 1. The van der Waals surface area contributed by atoms with E-state index in [0.717, 1.165) is 29.6 Å². The maximum Gasteiger partial charge on any atom is 0.115 e. The number of nitrogens with zero attached hydrogens (tertiary/aromatic N) is 2. The number of nitrogens with one attached hydrogen (secondary N) is 1. The van der Waals surface area contributed by atoms with E-state index in [1.807, 2.05) is 6.20 Å². The van der Waals surface area contributed by atoms with Crippen molar-refractivity contribution in [1.82, 2.24) is 15.3 Å². The van der Waals surface area contributed by atoms with Gasteiger partial charge in [-0.05, 0) is 34.3 Å². The van der Waals surface area contributed by atoms with E-state index in [0.29, 0.717) is 6.04 Å². The quantitative estimate of drug-likeness (QED) is 0.907. The topological polar surface area (TPSA) is 37.8 Å². The molecule has 0 aliphatic rings. The Labute approximate surface area is 113 Å². The summed E-state index contributed by atoms with van der Waals surface area (Å²) in [6.07, 6.45) is 5.49. The molecule has 0 saturated heterocycles. The second-order valence-corrected chi connectivity index (χ2v) is 6.25. The first kappa shape index (κ1) is 14.6. The van der Waals surface area contributed by atoms with Gasteiger partial charge in [-0.15, -0.1) is 0 Å². The zero-order chi connectivity index (χ0) is 12.9. The molecule has 17 heavy (non-hydrogen) atoms. The normalized spacial score (nSPS) is 13.7. The van der Waals surface area contributed by atoms with Gasteiger partial charge in [-0.25, -0.2) is 9.97 Å². The highest BCUT2D eigenvalue weighted by Gasteiger charge is 2.25. The third-order valence-electron chi connectivity index (χ3n) is 2.83. The van der Waals surface area contributed by atoms with Crippen molar-refractivity contribution in [1.29, 1.82) is 0 Å². The summed E-state index contributed by atoms with van der Waals surface area (Å²) in [4.78, 5) is 8.34. The van der Waals surface area contributed by atoms with Crippen molar-refractivity contribution < 1.29 is 0 Å². The van der Waals surface area contributed by atoms with Crippen LogP contribution in [0.25, 0.3) is 0 Å². The molecule has 0 aliphatic carbocycles. The fraction of sp³-hybridized carbons (Fsp3) is 0.692. The molecule has 3 nitrogen and oxygen atoms in total. The Morgan fingerprint density at radius 3 is 2.65 bits per heavy atom. The molecule has 1 aromatic rings. The zero-order valence-corrected chi connectivity index (χ0v) is 12.7. The minimum atomic E-state index is 0.222. The van der Waals surface area contributed by atoms with E-state index in [9.17, 15) is 0 Å². The monoisotopic (exact) mass is 299 g/mol. The average molecular weight is 300 g/mol. The number of hydrogen-bond acceptors (Lipinski definition) is 3. The molecule has 0 radical (unpaired) electrons. The summed E-state index contributed by atoms with van der Waals surface area (Å²) >= 11 is 3.51. The molecule has 0 saturated carbocycles. The lowest BCUT2D eigenvalue weighted by Gasteiger charge is -2.31. The summed E-state index contributed by atoms with van der Waals surface area (Å²) in [5.74, 6) is 0. The molecule has 0 amide bonds. The van der Waals surface area contributed by atoms with E-state index in [1.54, 1.807) is 6.33 Å². The van der Waals surface area contributed by atoms with Gasteiger partial charge in [0.05, 0.1) is 10.2 Å². The van der Waals surface area contributed by atoms with Gasteiger partial charge in [0, 0.05) is 18.7 Å². The van der Waals surface area contributed by atoms with Crippen molar-refractivity contribution in [3.8, 4) is 0 Å². The van der Waals surface area contributed by atoms with E-state index in [1.165, 1.54) is 0 Å². The lowest BCUT2D eigenvalue weighted by Crippen LogP contribution is -2.42. The highest BCUT2D eigenvalue weighted by Crippen LogP contribution is 2.24. The molecule has 0 bridgehead atoms. The minimum Gasteiger partial charge on any atom is -0.313 e. The van der Waals surface area contributed by atoms with E-state index >= 15 is 0 Å². The molecule has 1 aromatic heterocycles. The second kappa shape index (κ2) is 6.45. The Kier molecular flexibility index (Phi) is 5.53. The summed E-state index contributed by atoms with van der Waals surface area (Å²) in [6.45, 7) is 10.0. The third-order valence-corrected chi connectivity index (χ3v) is 3.49. The first-order chi connectivity index (χ1) is 7.95. The molecule has 0 aliphatic heterocycles. The molecule has 0 spiro atoms. The molecule has 1 unspecified atom stereocenters. The Morgan fingerprint density at radius 1 is 1.41 bits per heavy atom. The number of rotatable bonds is 5. The van der Waals surface area contributed by atoms with Crippen LogP contribution >= 0.6 is 15.9 Å². The van der Waals surface area contributed by atoms with Gasteiger partial charge in [-0.2, -0.15) is 0 Å². The Balaban J connectivity index is 2.76. The summed E-state index contributed by atoms with van der Waals surface area (Å²) in [5.41, 5.74) is 1.29. The van der Waals surface area contributed by atoms with Crippen molar-refractivity contribution in [3.63, 3.8) is 0 Å². The lowest BCUT2D eigenvalue weighted by molar-refractivity contribution is 0.265. The fourth-order valence-electron chi connectivity index (χ4n) is 1.68.